The van der Waals surface area contributed by atoms with Crippen LogP contribution in [0.15, 0.2) is 61.1 Å². The molecule has 1 aliphatic heterocycles. The molecule has 2 amide bonds. The third-order valence-corrected chi connectivity index (χ3v) is 9.60. The molecular formula is C36H39F3N6O3. The number of nitrogens with one attached hydrogen (secondary N) is 1. The molecule has 2 aromatic heterocycles. The summed E-state index contributed by atoms with van der Waals surface area (Å²) in [5.41, 5.74) is 2.63. The van der Waals surface area contributed by atoms with Crippen molar-refractivity contribution in [2.24, 2.45) is 5.92 Å². The predicted molar refractivity (Wildman–Crippen MR) is 172 cm³/mol. The van der Waals surface area contributed by atoms with Gasteiger partial charge in [0.15, 0.2) is 17.5 Å². The second kappa shape index (κ2) is 12.8. The minimum atomic E-state index is -1.51. The van der Waals surface area contributed by atoms with Gasteiger partial charge >= 0.3 is 0 Å². The number of carbonyl (C=O) groups excluding carboxylic acids is 2. The summed E-state index contributed by atoms with van der Waals surface area (Å²) in [6, 6.07) is 11.1. The van der Waals surface area contributed by atoms with Gasteiger partial charge in [-0.15, -0.1) is 5.10 Å². The molecule has 0 spiro atoms. The largest absolute Gasteiger partial charge is 0.382 e. The Morgan fingerprint density at radius 1 is 1.06 bits per heavy atom. The maximum absolute atomic E-state index is 13.8. The fourth-order valence-corrected chi connectivity index (χ4v) is 6.70. The van der Waals surface area contributed by atoms with Crippen LogP contribution in [-0.4, -0.2) is 59.9 Å². The molecule has 252 valence electrons. The number of aliphatic hydroxyl groups is 1. The molecular weight excluding hydrogens is 621 g/mol. The molecule has 2 fully saturated rings. The van der Waals surface area contributed by atoms with E-state index >= 15 is 0 Å². The minimum absolute atomic E-state index is 0.00899. The number of aliphatic hydroxyl groups excluding tert-OH is 1. The van der Waals surface area contributed by atoms with Gasteiger partial charge in [0.05, 0.1) is 23.6 Å². The zero-order valence-corrected chi connectivity index (χ0v) is 27.4. The van der Waals surface area contributed by atoms with Crippen LogP contribution in [0.4, 0.5) is 13.2 Å². The molecule has 1 aliphatic carbocycles. The Morgan fingerprint density at radius 2 is 1.75 bits per heavy atom. The number of nitrogens with zero attached hydrogens (tertiary/aromatic N) is 5. The van der Waals surface area contributed by atoms with Crippen molar-refractivity contribution >= 4 is 11.8 Å². The third-order valence-electron chi connectivity index (χ3n) is 9.60. The van der Waals surface area contributed by atoms with Gasteiger partial charge in [0.1, 0.15) is 11.8 Å². The van der Waals surface area contributed by atoms with Crippen LogP contribution in [0.5, 0.6) is 0 Å². The van der Waals surface area contributed by atoms with Gasteiger partial charge in [0, 0.05) is 30.2 Å². The highest BCUT2D eigenvalue weighted by Crippen LogP contribution is 2.38. The molecule has 0 bridgehead atoms. The molecule has 1 saturated carbocycles. The average Bonchev–Trinajstić information content (AvgIpc) is 3.67. The zero-order valence-electron chi connectivity index (χ0n) is 27.4. The summed E-state index contributed by atoms with van der Waals surface area (Å²) in [6.45, 7) is 8.78. The summed E-state index contributed by atoms with van der Waals surface area (Å²) in [4.78, 5) is 32.6. The number of aromatic nitrogens is 4. The van der Waals surface area contributed by atoms with Crippen LogP contribution in [0, 0.1) is 23.4 Å². The van der Waals surface area contributed by atoms with Gasteiger partial charge in [0.25, 0.3) is 5.91 Å². The van der Waals surface area contributed by atoms with E-state index in [0.29, 0.717) is 53.9 Å². The van der Waals surface area contributed by atoms with Crippen molar-refractivity contribution in [2.75, 3.05) is 6.54 Å². The normalized spacial score (nSPS) is 21.5. The van der Waals surface area contributed by atoms with Gasteiger partial charge in [0.2, 0.25) is 5.91 Å². The van der Waals surface area contributed by atoms with Crippen LogP contribution in [0.25, 0.3) is 5.69 Å². The van der Waals surface area contributed by atoms with Gasteiger partial charge in [-0.1, -0.05) is 50.3 Å². The van der Waals surface area contributed by atoms with Crippen molar-refractivity contribution in [3.05, 3.63) is 106 Å². The van der Waals surface area contributed by atoms with Crippen molar-refractivity contribution in [1.82, 2.24) is 30.2 Å². The van der Waals surface area contributed by atoms with Crippen LogP contribution in [0.3, 0.4) is 0 Å². The number of benzene rings is 2. The molecule has 1 saturated heterocycles. The molecule has 4 aromatic rings. The number of pyridine rings is 1. The van der Waals surface area contributed by atoms with Crippen LogP contribution in [-0.2, 0) is 16.6 Å². The SMILES string of the molecule is CC(C)(C)c1ccc(C(O)c2cn(-c3cncc(C(=O)NC4CC(C(=O)N5CCCC5(C)Cc5cc(F)c(F)c(F)c5)C4)c3)nn2)cc1. The van der Waals surface area contributed by atoms with E-state index in [-0.39, 0.29) is 35.6 Å². The fraction of sp³-hybridized carbons (Fsp3) is 0.417. The topological polar surface area (TPSA) is 113 Å². The predicted octanol–water partition coefficient (Wildman–Crippen LogP) is 5.59. The number of hydrogen-bond acceptors (Lipinski definition) is 6. The van der Waals surface area contributed by atoms with Crippen molar-refractivity contribution in [3.63, 3.8) is 0 Å². The monoisotopic (exact) mass is 660 g/mol. The first kappa shape index (κ1) is 33.3. The molecule has 9 nitrogen and oxygen atoms in total. The quantitative estimate of drug-likeness (QED) is 0.238. The van der Waals surface area contributed by atoms with E-state index in [9.17, 15) is 27.9 Å². The van der Waals surface area contributed by atoms with E-state index in [4.69, 9.17) is 0 Å². The van der Waals surface area contributed by atoms with Gasteiger partial charge in [-0.2, -0.15) is 0 Å². The Bertz CT molecular complexity index is 1810. The summed E-state index contributed by atoms with van der Waals surface area (Å²) in [6.07, 6.45) is 6.15. The Kier molecular flexibility index (Phi) is 8.88. The van der Waals surface area contributed by atoms with E-state index in [1.165, 1.54) is 10.9 Å². The third kappa shape index (κ3) is 6.71. The Hall–Kier alpha value is -4.58. The number of likely N-dealkylation sites (tertiary alicyclic amines) is 1. The lowest BCUT2D eigenvalue weighted by Crippen LogP contribution is -2.54. The first-order valence-corrected chi connectivity index (χ1v) is 16.1. The number of amides is 2. The minimum Gasteiger partial charge on any atom is -0.382 e. The second-order valence-corrected chi connectivity index (χ2v) is 14.3. The number of carbonyl (C=O) groups is 2. The lowest BCUT2D eigenvalue weighted by Gasteiger charge is -2.42. The fourth-order valence-electron chi connectivity index (χ4n) is 6.70. The highest BCUT2D eigenvalue weighted by molar-refractivity contribution is 5.94. The van der Waals surface area contributed by atoms with E-state index < -0.39 is 29.1 Å². The smallest absolute Gasteiger partial charge is 0.253 e. The Labute approximate surface area is 277 Å². The van der Waals surface area contributed by atoms with E-state index in [1.54, 1.807) is 23.4 Å². The van der Waals surface area contributed by atoms with Crippen molar-refractivity contribution in [2.45, 2.75) is 82.9 Å². The number of halogens is 3. The van der Waals surface area contributed by atoms with Crippen LogP contribution in [0.1, 0.15) is 92.2 Å². The van der Waals surface area contributed by atoms with Crippen molar-refractivity contribution in [1.29, 1.82) is 0 Å². The Morgan fingerprint density at radius 3 is 2.42 bits per heavy atom. The molecule has 2 atom stereocenters. The summed E-state index contributed by atoms with van der Waals surface area (Å²) >= 11 is 0. The lowest BCUT2D eigenvalue weighted by atomic mass is 9.78. The van der Waals surface area contributed by atoms with Crippen LogP contribution < -0.4 is 5.32 Å². The first-order valence-electron chi connectivity index (χ1n) is 16.1. The van der Waals surface area contributed by atoms with Crippen molar-refractivity contribution in [3.8, 4) is 5.69 Å². The molecule has 2 unspecified atom stereocenters. The van der Waals surface area contributed by atoms with Crippen molar-refractivity contribution < 1.29 is 27.9 Å². The van der Waals surface area contributed by atoms with Gasteiger partial charge in [-0.05, 0) is 79.3 Å². The molecule has 2 N–H and O–H groups in total. The summed E-state index contributed by atoms with van der Waals surface area (Å²) in [5, 5.41) is 22.2. The zero-order chi connectivity index (χ0) is 34.4. The van der Waals surface area contributed by atoms with Gasteiger partial charge < -0.3 is 15.3 Å². The van der Waals surface area contributed by atoms with Gasteiger partial charge in [-0.3, -0.25) is 14.6 Å². The number of rotatable bonds is 8. The molecule has 0 radical (unpaired) electrons. The highest BCUT2D eigenvalue weighted by atomic mass is 19.2. The summed E-state index contributed by atoms with van der Waals surface area (Å²) in [7, 11) is 0. The van der Waals surface area contributed by atoms with Crippen LogP contribution in [0.2, 0.25) is 0 Å². The second-order valence-electron chi connectivity index (χ2n) is 14.3. The molecule has 3 heterocycles. The highest BCUT2D eigenvalue weighted by Gasteiger charge is 2.45. The Balaban J connectivity index is 1.05. The molecule has 2 aliphatic rings. The summed E-state index contributed by atoms with van der Waals surface area (Å²) in [5.74, 6) is -4.68. The lowest BCUT2D eigenvalue weighted by molar-refractivity contribution is -0.142. The van der Waals surface area contributed by atoms with E-state index in [0.717, 1.165) is 24.1 Å². The first-order chi connectivity index (χ1) is 22.7. The van der Waals surface area contributed by atoms with E-state index in [1.807, 2.05) is 31.2 Å². The molecule has 48 heavy (non-hydrogen) atoms. The van der Waals surface area contributed by atoms with Gasteiger partial charge in [-0.25, -0.2) is 17.9 Å². The maximum Gasteiger partial charge on any atom is 0.253 e. The molecule has 2 aromatic carbocycles. The standard InChI is InChI=1S/C36H39F3N6O3/c1-35(2,3)25-8-6-22(7-9-25)32(46)30-20-45(43-42-30)27-16-24(18-40-19-27)33(47)41-26-14-23(15-26)34(48)44-11-5-10-36(44,4)17-21-12-28(37)31(39)29(38)13-21/h6-9,12-13,16,18-20,23,26,32,46H,5,10-11,14-15,17H2,1-4H3,(H,41,47). The number of hydrogen-bond donors (Lipinski definition) is 2. The maximum atomic E-state index is 13.8. The summed E-state index contributed by atoms with van der Waals surface area (Å²) < 4.78 is 42.6. The van der Waals surface area contributed by atoms with E-state index in [2.05, 4.69) is 41.4 Å². The van der Waals surface area contributed by atoms with Crippen LogP contribution >= 0.6 is 0 Å². The molecule has 12 heteroatoms. The average molecular weight is 661 g/mol. The molecule has 6 rings (SSSR count).